The van der Waals surface area contributed by atoms with Crippen molar-refractivity contribution in [3.63, 3.8) is 0 Å². The summed E-state index contributed by atoms with van der Waals surface area (Å²) in [6.07, 6.45) is 4.60. The zero-order valence-electron chi connectivity index (χ0n) is 11.0. The van der Waals surface area contributed by atoms with E-state index < -0.39 is 5.41 Å². The summed E-state index contributed by atoms with van der Waals surface area (Å²) in [7, 11) is 0. The second kappa shape index (κ2) is 6.36. The third kappa shape index (κ3) is 3.68. The molecular formula is C13H26N2O2. The molecule has 0 spiro atoms. The zero-order chi connectivity index (χ0) is 12.9. The smallest absolute Gasteiger partial charge is 0.227 e. The number of hydrogen-bond donors (Lipinski definition) is 3. The summed E-state index contributed by atoms with van der Waals surface area (Å²) >= 11 is 0. The van der Waals surface area contributed by atoms with E-state index in [1.165, 1.54) is 0 Å². The van der Waals surface area contributed by atoms with Gasteiger partial charge in [0.25, 0.3) is 0 Å². The number of nitrogens with two attached hydrogens (primary N) is 1. The first kappa shape index (κ1) is 14.5. The number of amides is 1. The fraction of sp³-hybridized carbons (Fsp3) is 0.923. The summed E-state index contributed by atoms with van der Waals surface area (Å²) in [4.78, 5) is 12.0. The summed E-state index contributed by atoms with van der Waals surface area (Å²) in [6, 6.07) is 0. The first-order valence-corrected chi connectivity index (χ1v) is 6.70. The van der Waals surface area contributed by atoms with Crippen molar-refractivity contribution in [1.82, 2.24) is 5.32 Å². The highest BCUT2D eigenvalue weighted by atomic mass is 16.3. The molecule has 0 saturated heterocycles. The first-order chi connectivity index (χ1) is 8.03. The Bertz CT molecular complexity index is 252. The standard InChI is InChI=1S/C13H26N2O2/c1-3-13(2,9-14)12(17)15-8-10-6-4-5-7-11(10)16/h10-11,16H,3-9,14H2,1-2H3,(H,15,17). The maximum Gasteiger partial charge on any atom is 0.227 e. The van der Waals surface area contributed by atoms with Crippen LogP contribution in [0.2, 0.25) is 0 Å². The molecule has 0 bridgehead atoms. The minimum atomic E-state index is -0.473. The van der Waals surface area contributed by atoms with Crippen molar-refractivity contribution in [3.05, 3.63) is 0 Å². The van der Waals surface area contributed by atoms with Gasteiger partial charge in [0.2, 0.25) is 5.91 Å². The molecule has 4 N–H and O–H groups in total. The molecule has 4 nitrogen and oxygen atoms in total. The van der Waals surface area contributed by atoms with Crippen molar-refractivity contribution in [2.75, 3.05) is 13.1 Å². The number of aliphatic hydroxyl groups is 1. The Morgan fingerprint density at radius 2 is 2.12 bits per heavy atom. The van der Waals surface area contributed by atoms with Crippen LogP contribution in [0.25, 0.3) is 0 Å². The van der Waals surface area contributed by atoms with Crippen molar-refractivity contribution in [2.45, 2.75) is 52.1 Å². The molecule has 0 radical (unpaired) electrons. The van der Waals surface area contributed by atoms with Crippen molar-refractivity contribution >= 4 is 5.91 Å². The van der Waals surface area contributed by atoms with Gasteiger partial charge in [0, 0.05) is 19.0 Å². The molecule has 1 fully saturated rings. The third-order valence-corrected chi connectivity index (χ3v) is 4.17. The van der Waals surface area contributed by atoms with E-state index in [-0.39, 0.29) is 17.9 Å². The fourth-order valence-corrected chi connectivity index (χ4v) is 2.26. The first-order valence-electron chi connectivity index (χ1n) is 6.70. The van der Waals surface area contributed by atoms with Gasteiger partial charge in [-0.25, -0.2) is 0 Å². The molecule has 1 rings (SSSR count). The highest BCUT2D eigenvalue weighted by Gasteiger charge is 2.31. The Hall–Kier alpha value is -0.610. The molecule has 3 atom stereocenters. The van der Waals surface area contributed by atoms with Crippen LogP contribution in [0.5, 0.6) is 0 Å². The highest BCUT2D eigenvalue weighted by molar-refractivity contribution is 5.82. The van der Waals surface area contributed by atoms with Crippen molar-refractivity contribution in [1.29, 1.82) is 0 Å². The third-order valence-electron chi connectivity index (χ3n) is 4.17. The Morgan fingerprint density at radius 1 is 1.47 bits per heavy atom. The molecule has 0 aromatic heterocycles. The molecule has 4 heteroatoms. The van der Waals surface area contributed by atoms with Crippen LogP contribution in [0.15, 0.2) is 0 Å². The molecule has 0 aromatic rings. The van der Waals surface area contributed by atoms with E-state index in [2.05, 4.69) is 5.32 Å². The normalized spacial score (nSPS) is 28.5. The Morgan fingerprint density at radius 3 is 2.65 bits per heavy atom. The molecule has 1 amide bonds. The number of carbonyl (C=O) groups is 1. The maximum absolute atomic E-state index is 12.0. The van der Waals surface area contributed by atoms with Crippen LogP contribution in [0, 0.1) is 11.3 Å². The van der Waals surface area contributed by atoms with E-state index in [4.69, 9.17) is 5.73 Å². The average Bonchev–Trinajstić information content (AvgIpc) is 2.36. The van der Waals surface area contributed by atoms with Crippen LogP contribution < -0.4 is 11.1 Å². The van der Waals surface area contributed by atoms with Gasteiger partial charge in [-0.1, -0.05) is 19.8 Å². The molecule has 3 unspecified atom stereocenters. The van der Waals surface area contributed by atoms with Crippen LogP contribution >= 0.6 is 0 Å². The average molecular weight is 242 g/mol. The highest BCUT2D eigenvalue weighted by Crippen LogP contribution is 2.24. The Balaban J connectivity index is 2.41. The van der Waals surface area contributed by atoms with Crippen LogP contribution in [-0.4, -0.2) is 30.2 Å². The number of hydrogen-bond acceptors (Lipinski definition) is 3. The number of nitrogens with one attached hydrogen (secondary N) is 1. The van der Waals surface area contributed by atoms with Crippen molar-refractivity contribution in [3.8, 4) is 0 Å². The van der Waals surface area contributed by atoms with Gasteiger partial charge in [-0.05, 0) is 26.2 Å². The lowest BCUT2D eigenvalue weighted by atomic mass is 9.84. The lowest BCUT2D eigenvalue weighted by Gasteiger charge is -2.30. The van der Waals surface area contributed by atoms with Gasteiger partial charge in [0.1, 0.15) is 0 Å². The van der Waals surface area contributed by atoms with E-state index in [1.807, 2.05) is 13.8 Å². The molecule has 0 aliphatic heterocycles. The second-order valence-electron chi connectivity index (χ2n) is 5.44. The lowest BCUT2D eigenvalue weighted by molar-refractivity contribution is -0.130. The Labute approximate surface area is 104 Å². The van der Waals surface area contributed by atoms with Crippen LogP contribution in [0.3, 0.4) is 0 Å². The van der Waals surface area contributed by atoms with E-state index in [9.17, 15) is 9.90 Å². The fourth-order valence-electron chi connectivity index (χ4n) is 2.26. The quantitative estimate of drug-likeness (QED) is 0.674. The molecule has 100 valence electrons. The molecular weight excluding hydrogens is 216 g/mol. The predicted octanol–water partition coefficient (Wildman–Crippen LogP) is 1.03. The van der Waals surface area contributed by atoms with Gasteiger partial charge in [0.05, 0.1) is 11.5 Å². The largest absolute Gasteiger partial charge is 0.393 e. The van der Waals surface area contributed by atoms with Gasteiger partial charge in [-0.3, -0.25) is 4.79 Å². The summed E-state index contributed by atoms with van der Waals surface area (Å²) in [6.45, 7) is 4.81. The van der Waals surface area contributed by atoms with Crippen molar-refractivity contribution in [2.24, 2.45) is 17.1 Å². The van der Waals surface area contributed by atoms with Crippen LogP contribution in [0.4, 0.5) is 0 Å². The molecule has 17 heavy (non-hydrogen) atoms. The zero-order valence-corrected chi connectivity index (χ0v) is 11.0. The minimum absolute atomic E-state index is 0.0141. The van der Waals surface area contributed by atoms with Gasteiger partial charge in [0.15, 0.2) is 0 Å². The van der Waals surface area contributed by atoms with E-state index in [0.717, 1.165) is 32.1 Å². The van der Waals surface area contributed by atoms with Gasteiger partial charge < -0.3 is 16.2 Å². The summed E-state index contributed by atoms with van der Waals surface area (Å²) in [5.74, 6) is 0.229. The summed E-state index contributed by atoms with van der Waals surface area (Å²) in [5, 5.41) is 12.8. The van der Waals surface area contributed by atoms with E-state index >= 15 is 0 Å². The number of aliphatic hydroxyl groups excluding tert-OH is 1. The molecule has 1 aliphatic carbocycles. The van der Waals surface area contributed by atoms with Crippen LogP contribution in [-0.2, 0) is 4.79 Å². The summed E-state index contributed by atoms with van der Waals surface area (Å²) in [5.41, 5.74) is 5.17. The van der Waals surface area contributed by atoms with Gasteiger partial charge in [-0.2, -0.15) is 0 Å². The van der Waals surface area contributed by atoms with Crippen molar-refractivity contribution < 1.29 is 9.90 Å². The Kier molecular flexibility index (Phi) is 5.40. The maximum atomic E-state index is 12.0. The van der Waals surface area contributed by atoms with E-state index in [1.54, 1.807) is 0 Å². The summed E-state index contributed by atoms with van der Waals surface area (Å²) < 4.78 is 0. The van der Waals surface area contributed by atoms with Gasteiger partial charge in [-0.15, -0.1) is 0 Å². The monoisotopic (exact) mass is 242 g/mol. The van der Waals surface area contributed by atoms with E-state index in [0.29, 0.717) is 13.1 Å². The van der Waals surface area contributed by atoms with Crippen LogP contribution in [0.1, 0.15) is 46.0 Å². The number of carbonyl (C=O) groups excluding carboxylic acids is 1. The minimum Gasteiger partial charge on any atom is -0.393 e. The molecule has 1 saturated carbocycles. The molecule has 0 aromatic carbocycles. The molecule has 0 heterocycles. The van der Waals surface area contributed by atoms with Gasteiger partial charge >= 0.3 is 0 Å². The number of rotatable bonds is 5. The molecule has 1 aliphatic rings. The predicted molar refractivity (Wildman–Crippen MR) is 68.4 cm³/mol. The SMILES string of the molecule is CCC(C)(CN)C(=O)NCC1CCCCC1O. The lowest BCUT2D eigenvalue weighted by Crippen LogP contribution is -2.46. The second-order valence-corrected chi connectivity index (χ2v) is 5.44. The topological polar surface area (TPSA) is 75.4 Å².